The number of rotatable bonds is 0. The molecule has 0 unspecified atom stereocenters. The highest BCUT2D eigenvalue weighted by molar-refractivity contribution is 5.04. The molecule has 0 spiro atoms. The highest BCUT2D eigenvalue weighted by Gasteiger charge is 2.44. The van der Waals surface area contributed by atoms with E-state index in [4.69, 9.17) is 11.0 Å². The Morgan fingerprint density at radius 1 is 1.30 bits per heavy atom. The summed E-state index contributed by atoms with van der Waals surface area (Å²) in [5, 5.41) is 8.70. The average molecular weight is 136 g/mol. The first-order chi connectivity index (χ1) is 4.81. The van der Waals surface area contributed by atoms with Gasteiger partial charge in [-0.15, -0.1) is 0 Å². The van der Waals surface area contributed by atoms with Crippen molar-refractivity contribution < 1.29 is 0 Å². The molecule has 0 aliphatic heterocycles. The molecule has 2 nitrogen and oxygen atoms in total. The molecule has 4 atom stereocenters. The number of nitriles is 1. The lowest BCUT2D eigenvalue weighted by atomic mass is 9.87. The Bertz CT molecular complexity index is 182. The van der Waals surface area contributed by atoms with Crippen LogP contribution in [0, 0.1) is 29.1 Å². The topological polar surface area (TPSA) is 49.8 Å². The highest BCUT2D eigenvalue weighted by Crippen LogP contribution is 2.47. The molecule has 0 aromatic carbocycles. The quantitative estimate of drug-likeness (QED) is 0.537. The molecule has 2 saturated carbocycles. The van der Waals surface area contributed by atoms with E-state index >= 15 is 0 Å². The summed E-state index contributed by atoms with van der Waals surface area (Å²) in [6.07, 6.45) is 3.51. The van der Waals surface area contributed by atoms with E-state index in [0.717, 1.165) is 12.3 Å². The third kappa shape index (κ3) is 0.674. The third-order valence-electron chi connectivity index (χ3n) is 3.03. The molecule has 0 aromatic rings. The normalized spacial score (nSPS) is 51.2. The van der Waals surface area contributed by atoms with Crippen molar-refractivity contribution in [2.75, 3.05) is 0 Å². The first-order valence-electron chi connectivity index (χ1n) is 3.96. The summed E-state index contributed by atoms with van der Waals surface area (Å²) in [5.41, 5.74) is 5.83. The zero-order chi connectivity index (χ0) is 7.14. The molecular weight excluding hydrogens is 124 g/mol. The molecule has 2 heteroatoms. The summed E-state index contributed by atoms with van der Waals surface area (Å²) in [4.78, 5) is 0. The molecule has 2 N–H and O–H groups in total. The third-order valence-corrected chi connectivity index (χ3v) is 3.03. The minimum atomic E-state index is 0.286. The van der Waals surface area contributed by atoms with E-state index in [2.05, 4.69) is 6.07 Å². The monoisotopic (exact) mass is 136 g/mol. The van der Waals surface area contributed by atoms with E-state index in [-0.39, 0.29) is 5.92 Å². The second-order valence-electron chi connectivity index (χ2n) is 3.64. The Labute approximate surface area is 61.0 Å². The number of hydrogen-bond acceptors (Lipinski definition) is 2. The maximum absolute atomic E-state index is 8.70. The van der Waals surface area contributed by atoms with Gasteiger partial charge in [-0.25, -0.2) is 0 Å². The Morgan fingerprint density at radius 2 is 2.10 bits per heavy atom. The fraction of sp³-hybridized carbons (Fsp3) is 0.875. The van der Waals surface area contributed by atoms with Gasteiger partial charge in [0, 0.05) is 6.04 Å². The minimum Gasteiger partial charge on any atom is -0.327 e. The van der Waals surface area contributed by atoms with Crippen molar-refractivity contribution in [1.29, 1.82) is 5.26 Å². The Morgan fingerprint density at radius 3 is 2.50 bits per heavy atom. The molecule has 0 radical (unpaired) electrons. The van der Waals surface area contributed by atoms with Crippen molar-refractivity contribution >= 4 is 0 Å². The van der Waals surface area contributed by atoms with E-state index in [1.165, 1.54) is 12.8 Å². The van der Waals surface area contributed by atoms with Crippen molar-refractivity contribution in [3.8, 4) is 6.07 Å². The van der Waals surface area contributed by atoms with Gasteiger partial charge in [-0.3, -0.25) is 0 Å². The van der Waals surface area contributed by atoms with Crippen molar-refractivity contribution in [2.45, 2.75) is 25.3 Å². The molecule has 2 aliphatic carbocycles. The van der Waals surface area contributed by atoms with E-state index in [1.54, 1.807) is 0 Å². The predicted molar refractivity (Wildman–Crippen MR) is 37.9 cm³/mol. The molecular formula is C8H12N2. The molecule has 10 heavy (non-hydrogen) atoms. The van der Waals surface area contributed by atoms with Gasteiger partial charge in [0.1, 0.15) is 0 Å². The summed E-state index contributed by atoms with van der Waals surface area (Å²) >= 11 is 0. The molecule has 2 bridgehead atoms. The Kier molecular flexibility index (Phi) is 1.21. The lowest BCUT2D eigenvalue weighted by molar-refractivity contribution is 0.353. The van der Waals surface area contributed by atoms with E-state index < -0.39 is 0 Å². The first-order valence-corrected chi connectivity index (χ1v) is 3.96. The van der Waals surface area contributed by atoms with E-state index in [0.29, 0.717) is 12.0 Å². The zero-order valence-corrected chi connectivity index (χ0v) is 5.96. The molecule has 0 heterocycles. The van der Waals surface area contributed by atoms with Crippen LogP contribution in [-0.4, -0.2) is 6.04 Å². The summed E-state index contributed by atoms with van der Waals surface area (Å²) in [6, 6.07) is 2.68. The predicted octanol–water partition coefficient (Wildman–Crippen LogP) is 0.883. The fourth-order valence-corrected chi connectivity index (χ4v) is 2.55. The van der Waals surface area contributed by atoms with Crippen molar-refractivity contribution in [3.05, 3.63) is 0 Å². The van der Waals surface area contributed by atoms with Crippen LogP contribution in [0.3, 0.4) is 0 Å². The molecule has 0 amide bonds. The van der Waals surface area contributed by atoms with Gasteiger partial charge in [-0.1, -0.05) is 0 Å². The van der Waals surface area contributed by atoms with Crippen LogP contribution in [0.5, 0.6) is 0 Å². The molecule has 2 fully saturated rings. The van der Waals surface area contributed by atoms with Crippen LogP contribution in [0.1, 0.15) is 19.3 Å². The van der Waals surface area contributed by atoms with Gasteiger partial charge in [0.05, 0.1) is 12.0 Å². The summed E-state index contributed by atoms with van der Waals surface area (Å²) in [5.74, 6) is 1.60. The van der Waals surface area contributed by atoms with Crippen LogP contribution in [0.4, 0.5) is 0 Å². The maximum Gasteiger partial charge on any atom is 0.0659 e. The standard InChI is InChI=1S/C8H12N2/c9-4-6-1-5-2-7(6)8(10)3-5/h5-8H,1-3,10H2/t5-,6+,7-,8+/m1/s1. The molecule has 54 valence electrons. The smallest absolute Gasteiger partial charge is 0.0659 e. The first kappa shape index (κ1) is 6.18. The van der Waals surface area contributed by atoms with Crippen LogP contribution in [-0.2, 0) is 0 Å². The summed E-state index contributed by atoms with van der Waals surface area (Å²) in [6.45, 7) is 0. The largest absolute Gasteiger partial charge is 0.327 e. The number of nitrogens with zero attached hydrogens (tertiary/aromatic N) is 1. The molecule has 2 rings (SSSR count). The van der Waals surface area contributed by atoms with Crippen LogP contribution < -0.4 is 5.73 Å². The second kappa shape index (κ2) is 1.96. The van der Waals surface area contributed by atoms with Gasteiger partial charge in [-0.2, -0.15) is 5.26 Å². The summed E-state index contributed by atoms with van der Waals surface area (Å²) in [7, 11) is 0. The average Bonchev–Trinajstić information content (AvgIpc) is 2.44. The molecule has 0 aromatic heterocycles. The Hall–Kier alpha value is -0.550. The molecule has 2 aliphatic rings. The minimum absolute atomic E-state index is 0.286. The van der Waals surface area contributed by atoms with E-state index in [9.17, 15) is 0 Å². The number of hydrogen-bond donors (Lipinski definition) is 1. The lowest BCUT2D eigenvalue weighted by Crippen LogP contribution is -2.31. The number of fused-ring (bicyclic) bond motifs is 2. The van der Waals surface area contributed by atoms with Gasteiger partial charge >= 0.3 is 0 Å². The molecule has 0 saturated heterocycles. The zero-order valence-electron chi connectivity index (χ0n) is 5.96. The fourth-order valence-electron chi connectivity index (χ4n) is 2.55. The van der Waals surface area contributed by atoms with E-state index in [1.807, 2.05) is 0 Å². The van der Waals surface area contributed by atoms with Crippen LogP contribution >= 0.6 is 0 Å². The number of nitrogens with two attached hydrogens (primary N) is 1. The van der Waals surface area contributed by atoms with Gasteiger partial charge in [-0.05, 0) is 31.1 Å². The van der Waals surface area contributed by atoms with Gasteiger partial charge in [0.2, 0.25) is 0 Å². The lowest BCUT2D eigenvalue weighted by Gasteiger charge is -2.20. The van der Waals surface area contributed by atoms with Gasteiger partial charge in [0.15, 0.2) is 0 Å². The van der Waals surface area contributed by atoms with Crippen molar-refractivity contribution in [2.24, 2.45) is 23.5 Å². The highest BCUT2D eigenvalue weighted by atomic mass is 14.7. The van der Waals surface area contributed by atoms with Crippen LogP contribution in [0.2, 0.25) is 0 Å². The maximum atomic E-state index is 8.70. The second-order valence-corrected chi connectivity index (χ2v) is 3.64. The Balaban J connectivity index is 2.14. The van der Waals surface area contributed by atoms with Gasteiger partial charge in [0.25, 0.3) is 0 Å². The van der Waals surface area contributed by atoms with Gasteiger partial charge < -0.3 is 5.73 Å². The van der Waals surface area contributed by atoms with Crippen LogP contribution in [0.15, 0.2) is 0 Å². The summed E-state index contributed by atoms with van der Waals surface area (Å²) < 4.78 is 0. The van der Waals surface area contributed by atoms with Crippen LogP contribution in [0.25, 0.3) is 0 Å². The van der Waals surface area contributed by atoms with Crippen molar-refractivity contribution in [3.63, 3.8) is 0 Å². The SMILES string of the molecule is N#C[C@@H]1C[C@@H]2C[C@H]1[C@@H](N)C2. The van der Waals surface area contributed by atoms with Crippen molar-refractivity contribution in [1.82, 2.24) is 0 Å².